The maximum atomic E-state index is 11.8. The Hall–Kier alpha value is -2.57. The average Bonchev–Trinajstić information content (AvgIpc) is 3.22. The second kappa shape index (κ2) is 4.52. The molecule has 0 saturated heterocycles. The summed E-state index contributed by atoms with van der Waals surface area (Å²) in [6.07, 6.45) is 2.98. The molecule has 1 aromatic heterocycles. The topological polar surface area (TPSA) is 106 Å². The minimum atomic E-state index is -0.568. The SMILES string of the molecule is O=C(Cc1cc2nc[nH]c(=O)c2cc1[N+](=O)[O-])C1CC1. The molecule has 1 N–H and O–H groups in total. The van der Waals surface area contributed by atoms with Crippen LogP contribution in [0.1, 0.15) is 18.4 Å². The lowest BCUT2D eigenvalue weighted by atomic mass is 10.0. The summed E-state index contributed by atoms with van der Waals surface area (Å²) in [6, 6.07) is 2.65. The number of Topliss-reactive ketones (excluding diaryl/α,β-unsaturated/α-hetero) is 1. The number of carbonyl (C=O) groups excluding carboxylic acids is 1. The third-order valence-corrected chi connectivity index (χ3v) is 3.43. The molecule has 1 aromatic carbocycles. The van der Waals surface area contributed by atoms with E-state index in [2.05, 4.69) is 9.97 Å². The van der Waals surface area contributed by atoms with Gasteiger partial charge in [-0.3, -0.25) is 19.7 Å². The third kappa shape index (κ3) is 2.18. The van der Waals surface area contributed by atoms with E-state index in [4.69, 9.17) is 0 Å². The van der Waals surface area contributed by atoms with Gasteiger partial charge in [0.25, 0.3) is 11.2 Å². The molecule has 1 heterocycles. The molecule has 0 bridgehead atoms. The molecule has 1 aliphatic carbocycles. The highest BCUT2D eigenvalue weighted by molar-refractivity contribution is 5.89. The number of aromatic amines is 1. The maximum Gasteiger partial charge on any atom is 0.273 e. The number of hydrogen-bond donors (Lipinski definition) is 1. The molecule has 7 heteroatoms. The number of H-pyrrole nitrogens is 1. The Bertz CT molecular complexity index is 777. The third-order valence-electron chi connectivity index (χ3n) is 3.43. The van der Waals surface area contributed by atoms with Crippen LogP contribution in [0.4, 0.5) is 5.69 Å². The highest BCUT2D eigenvalue weighted by Crippen LogP contribution is 2.32. The normalized spacial score (nSPS) is 14.4. The number of nitrogens with one attached hydrogen (secondary N) is 1. The molecule has 20 heavy (non-hydrogen) atoms. The van der Waals surface area contributed by atoms with E-state index in [-0.39, 0.29) is 29.2 Å². The van der Waals surface area contributed by atoms with Crippen molar-refractivity contribution >= 4 is 22.4 Å². The van der Waals surface area contributed by atoms with Gasteiger partial charge in [0.05, 0.1) is 22.2 Å². The van der Waals surface area contributed by atoms with E-state index in [0.29, 0.717) is 11.1 Å². The van der Waals surface area contributed by atoms with Gasteiger partial charge in [-0.1, -0.05) is 0 Å². The largest absolute Gasteiger partial charge is 0.313 e. The Kier molecular flexibility index (Phi) is 2.81. The van der Waals surface area contributed by atoms with Crippen molar-refractivity contribution in [2.24, 2.45) is 5.92 Å². The number of nitro benzene ring substituents is 1. The second-order valence-electron chi connectivity index (χ2n) is 4.90. The lowest BCUT2D eigenvalue weighted by Crippen LogP contribution is -2.10. The van der Waals surface area contributed by atoms with Gasteiger partial charge in [-0.15, -0.1) is 0 Å². The molecule has 0 unspecified atom stereocenters. The number of hydrogen-bond acceptors (Lipinski definition) is 5. The molecule has 102 valence electrons. The van der Waals surface area contributed by atoms with Crippen LogP contribution in [0.2, 0.25) is 0 Å². The van der Waals surface area contributed by atoms with Crippen molar-refractivity contribution in [3.05, 3.63) is 44.5 Å². The highest BCUT2D eigenvalue weighted by atomic mass is 16.6. The first-order chi connectivity index (χ1) is 9.56. The summed E-state index contributed by atoms with van der Waals surface area (Å²) in [5.74, 6) is 0.0507. The standard InChI is InChI=1S/C13H11N3O4/c17-12(7-1-2-7)4-8-3-10-9(5-11(8)16(19)20)13(18)15-6-14-10/h3,5-7H,1-2,4H2,(H,14,15,18). The number of carbonyl (C=O) groups is 1. The van der Waals surface area contributed by atoms with Crippen LogP contribution in [0.3, 0.4) is 0 Å². The molecule has 2 aromatic rings. The number of nitrogens with zero attached hydrogens (tertiary/aromatic N) is 2. The zero-order chi connectivity index (χ0) is 14.3. The number of ketones is 1. The van der Waals surface area contributed by atoms with Crippen molar-refractivity contribution in [1.29, 1.82) is 0 Å². The summed E-state index contributed by atoms with van der Waals surface area (Å²) < 4.78 is 0. The second-order valence-corrected chi connectivity index (χ2v) is 4.90. The van der Waals surface area contributed by atoms with Gasteiger partial charge in [-0.05, 0) is 18.9 Å². The van der Waals surface area contributed by atoms with E-state index < -0.39 is 10.5 Å². The first-order valence-electron chi connectivity index (χ1n) is 6.23. The quantitative estimate of drug-likeness (QED) is 0.668. The summed E-state index contributed by atoms with van der Waals surface area (Å²) >= 11 is 0. The predicted octanol–water partition coefficient (Wildman–Crippen LogP) is 1.35. The van der Waals surface area contributed by atoms with E-state index in [1.54, 1.807) is 0 Å². The number of aromatic nitrogens is 2. The maximum absolute atomic E-state index is 11.8. The summed E-state index contributed by atoms with van der Waals surface area (Å²) in [4.78, 5) is 40.4. The van der Waals surface area contributed by atoms with Crippen molar-refractivity contribution in [1.82, 2.24) is 9.97 Å². The zero-order valence-electron chi connectivity index (χ0n) is 10.5. The lowest BCUT2D eigenvalue weighted by molar-refractivity contribution is -0.385. The molecule has 1 fully saturated rings. The summed E-state index contributed by atoms with van der Waals surface area (Å²) in [7, 11) is 0. The molecule has 3 rings (SSSR count). The summed E-state index contributed by atoms with van der Waals surface area (Å²) in [5.41, 5.74) is 0.0404. The molecule has 0 radical (unpaired) electrons. The Morgan fingerprint density at radius 1 is 1.45 bits per heavy atom. The van der Waals surface area contributed by atoms with Gasteiger partial charge in [0.15, 0.2) is 0 Å². The van der Waals surface area contributed by atoms with E-state index >= 15 is 0 Å². The Labute approximate surface area is 112 Å². The summed E-state index contributed by atoms with van der Waals surface area (Å²) in [6.45, 7) is 0. The van der Waals surface area contributed by atoms with E-state index in [0.717, 1.165) is 12.8 Å². The molecular formula is C13H11N3O4. The molecule has 1 aliphatic rings. The van der Waals surface area contributed by atoms with Gasteiger partial charge in [0.1, 0.15) is 5.78 Å². The van der Waals surface area contributed by atoms with Crippen LogP contribution < -0.4 is 5.56 Å². The first-order valence-corrected chi connectivity index (χ1v) is 6.23. The number of benzene rings is 1. The molecule has 0 amide bonds. The van der Waals surface area contributed by atoms with Crippen molar-refractivity contribution in [2.75, 3.05) is 0 Å². The van der Waals surface area contributed by atoms with Gasteiger partial charge >= 0.3 is 0 Å². The lowest BCUT2D eigenvalue weighted by Gasteiger charge is -2.04. The first kappa shape index (κ1) is 12.5. The number of rotatable bonds is 4. The van der Waals surface area contributed by atoms with Gasteiger partial charge in [0, 0.05) is 24.0 Å². The predicted molar refractivity (Wildman–Crippen MR) is 70.5 cm³/mol. The number of nitro groups is 1. The fraction of sp³-hybridized carbons (Fsp3) is 0.308. The molecule has 0 aliphatic heterocycles. The molecule has 7 nitrogen and oxygen atoms in total. The molecule has 0 atom stereocenters. The van der Waals surface area contributed by atoms with E-state index in [1.807, 2.05) is 0 Å². The van der Waals surface area contributed by atoms with Gasteiger partial charge in [0.2, 0.25) is 0 Å². The molecular weight excluding hydrogens is 262 g/mol. The fourth-order valence-corrected chi connectivity index (χ4v) is 2.20. The van der Waals surface area contributed by atoms with Crippen LogP contribution in [0.5, 0.6) is 0 Å². The van der Waals surface area contributed by atoms with Crippen molar-refractivity contribution < 1.29 is 9.72 Å². The molecule has 1 saturated carbocycles. The van der Waals surface area contributed by atoms with E-state index in [9.17, 15) is 19.7 Å². The van der Waals surface area contributed by atoms with Gasteiger partial charge in [-0.2, -0.15) is 0 Å². The van der Waals surface area contributed by atoms with Crippen molar-refractivity contribution in [3.63, 3.8) is 0 Å². The Morgan fingerprint density at radius 3 is 2.85 bits per heavy atom. The number of fused-ring (bicyclic) bond motifs is 1. The van der Waals surface area contributed by atoms with E-state index in [1.165, 1.54) is 18.5 Å². The Balaban J connectivity index is 2.13. The van der Waals surface area contributed by atoms with Crippen LogP contribution in [0, 0.1) is 16.0 Å². The van der Waals surface area contributed by atoms with Crippen LogP contribution in [0.25, 0.3) is 10.9 Å². The van der Waals surface area contributed by atoms with Crippen molar-refractivity contribution in [3.8, 4) is 0 Å². The van der Waals surface area contributed by atoms with Crippen LogP contribution in [0.15, 0.2) is 23.3 Å². The van der Waals surface area contributed by atoms with Gasteiger partial charge in [-0.25, -0.2) is 4.98 Å². The van der Waals surface area contributed by atoms with Gasteiger partial charge < -0.3 is 4.98 Å². The monoisotopic (exact) mass is 273 g/mol. The fourth-order valence-electron chi connectivity index (χ4n) is 2.20. The Morgan fingerprint density at radius 2 is 2.20 bits per heavy atom. The minimum Gasteiger partial charge on any atom is -0.313 e. The van der Waals surface area contributed by atoms with Crippen LogP contribution >= 0.6 is 0 Å². The van der Waals surface area contributed by atoms with Crippen LogP contribution in [-0.4, -0.2) is 20.7 Å². The smallest absolute Gasteiger partial charge is 0.273 e. The van der Waals surface area contributed by atoms with Crippen molar-refractivity contribution in [2.45, 2.75) is 19.3 Å². The highest BCUT2D eigenvalue weighted by Gasteiger charge is 2.31. The zero-order valence-corrected chi connectivity index (χ0v) is 10.5. The molecule has 0 spiro atoms. The van der Waals surface area contributed by atoms with Crippen LogP contribution in [-0.2, 0) is 11.2 Å². The average molecular weight is 273 g/mol. The summed E-state index contributed by atoms with van der Waals surface area (Å²) in [5, 5.41) is 11.3. The minimum absolute atomic E-state index is 0.0114.